The number of hydrogen-bond acceptors (Lipinski definition) is 3. The van der Waals surface area contributed by atoms with Crippen molar-refractivity contribution < 1.29 is 0 Å². The van der Waals surface area contributed by atoms with Gasteiger partial charge in [0.2, 0.25) is 0 Å². The van der Waals surface area contributed by atoms with E-state index in [2.05, 4.69) is 66.1 Å². The first-order valence-electron chi connectivity index (χ1n) is 4.85. The van der Waals surface area contributed by atoms with Crippen LogP contribution in [0, 0.1) is 0 Å². The summed E-state index contributed by atoms with van der Waals surface area (Å²) < 4.78 is 7.09. The standard InChI is InChI=1S/3C2H6N.3CH3.2Sb.2H/c3*1-3-2;;;;;;;/h3*1-2H3;3*1H3;;;;/q3*-1;;;;;+3;;. The van der Waals surface area contributed by atoms with Crippen molar-refractivity contribution in [1.82, 2.24) is 9.18 Å². The summed E-state index contributed by atoms with van der Waals surface area (Å²) >= 11 is -2.06. The van der Waals surface area contributed by atoms with E-state index in [0.29, 0.717) is 0 Å². The third kappa shape index (κ3) is 11.6. The van der Waals surface area contributed by atoms with Gasteiger partial charge in [0.25, 0.3) is 0 Å². The zero-order valence-corrected chi connectivity index (χ0v) is 17.0. The summed E-state index contributed by atoms with van der Waals surface area (Å²) in [6, 6.07) is 0. The van der Waals surface area contributed by atoms with Crippen LogP contribution in [0.1, 0.15) is 0 Å². The Morgan fingerprint density at radius 2 is 0.714 bits per heavy atom. The molecule has 0 unspecified atom stereocenters. The molecule has 0 fully saturated rings. The summed E-state index contributed by atoms with van der Waals surface area (Å²) in [4.78, 5) is 7.09. The van der Waals surface area contributed by atoms with Crippen LogP contribution in [-0.2, 0) is 0 Å². The molecule has 0 amide bonds. The van der Waals surface area contributed by atoms with Gasteiger partial charge in [-0.15, -0.1) is 0 Å². The number of rotatable bonds is 3. The predicted octanol–water partition coefficient (Wildman–Crippen LogP) is 0.491. The fraction of sp³-hybridized carbons (Fsp3) is 1.00. The van der Waals surface area contributed by atoms with Crippen LogP contribution in [0.25, 0.3) is 0 Å². The Kier molecular flexibility index (Phi) is 12.4. The van der Waals surface area contributed by atoms with Gasteiger partial charge in [-0.05, 0) is 0 Å². The fourth-order valence-corrected chi connectivity index (χ4v) is 8.05. The minimum absolute atomic E-state index is 0.543. The molecule has 0 aliphatic heterocycles. The van der Waals surface area contributed by atoms with Crippen molar-refractivity contribution in [2.45, 2.75) is 14.6 Å². The maximum absolute atomic E-state index is 2.36. The van der Waals surface area contributed by atoms with Gasteiger partial charge in [0.1, 0.15) is 0 Å². The molecule has 0 N–H and O–H groups in total. The molecule has 0 aliphatic carbocycles. The van der Waals surface area contributed by atoms with Crippen molar-refractivity contribution in [3.63, 3.8) is 0 Å². The number of hydrogen-bond donors (Lipinski definition) is 0. The average Bonchev–Trinajstić information content (AvgIpc) is 1.80. The summed E-state index contributed by atoms with van der Waals surface area (Å²) in [5, 5.41) is 0. The zero-order chi connectivity index (χ0) is 11.9. The van der Waals surface area contributed by atoms with E-state index in [-0.39, 0.29) is 0 Å². The van der Waals surface area contributed by atoms with Gasteiger partial charge >= 0.3 is 107 Å². The molecule has 0 rings (SSSR count). The topological polar surface area (TPSA) is 9.72 Å². The first kappa shape index (κ1) is 17.9. The second kappa shape index (κ2) is 9.72. The van der Waals surface area contributed by atoms with E-state index in [1.54, 1.807) is 0 Å². The molecule has 0 aromatic carbocycles. The summed E-state index contributed by atoms with van der Waals surface area (Å²) in [5.74, 6) is 0. The second-order valence-corrected chi connectivity index (χ2v) is 22.4. The van der Waals surface area contributed by atoms with E-state index in [1.165, 1.54) is 0 Å². The molecule has 0 saturated carbocycles. The molecular weight excluding hydrogens is 394 g/mol. The van der Waals surface area contributed by atoms with Crippen LogP contribution in [0.4, 0.5) is 0 Å². The Labute approximate surface area is 106 Å². The van der Waals surface area contributed by atoms with Gasteiger partial charge in [-0.3, -0.25) is 0 Å². The van der Waals surface area contributed by atoms with Crippen molar-refractivity contribution in [2.75, 3.05) is 42.3 Å². The van der Waals surface area contributed by atoms with Gasteiger partial charge in [0.05, 0.1) is 0 Å². The van der Waals surface area contributed by atoms with Crippen molar-refractivity contribution in [1.29, 1.82) is 0 Å². The molecule has 0 aromatic heterocycles. The van der Waals surface area contributed by atoms with Gasteiger partial charge < -0.3 is 0 Å². The van der Waals surface area contributed by atoms with Gasteiger partial charge in [-0.2, -0.15) is 0 Å². The molecular formula is C9H29N3Sb2. The van der Waals surface area contributed by atoms with Crippen LogP contribution in [0.15, 0.2) is 0 Å². The van der Waals surface area contributed by atoms with E-state index >= 15 is 0 Å². The summed E-state index contributed by atoms with van der Waals surface area (Å²) in [6.07, 6.45) is 0. The molecule has 0 aliphatic rings. The Morgan fingerprint density at radius 1 is 0.571 bits per heavy atom. The van der Waals surface area contributed by atoms with Crippen LogP contribution >= 0.6 is 0 Å². The Bertz CT molecular complexity index is 105. The Hall–Kier alpha value is 1.52. The van der Waals surface area contributed by atoms with Gasteiger partial charge in [0, 0.05) is 0 Å². The van der Waals surface area contributed by atoms with E-state index < -0.39 is 41.3 Å². The second-order valence-electron chi connectivity index (χ2n) is 4.48. The molecule has 2 radical (unpaired) electrons. The quantitative estimate of drug-likeness (QED) is 0.613. The fourth-order valence-electron chi connectivity index (χ4n) is 1.20. The summed E-state index contributed by atoms with van der Waals surface area (Å²) in [5.41, 5.74) is 0. The molecule has 3 nitrogen and oxygen atoms in total. The summed E-state index contributed by atoms with van der Waals surface area (Å²) in [7, 11) is 13.0. The molecule has 14 heavy (non-hydrogen) atoms. The van der Waals surface area contributed by atoms with Gasteiger partial charge in [0.15, 0.2) is 0 Å². The molecule has 90 valence electrons. The van der Waals surface area contributed by atoms with Crippen molar-refractivity contribution in [2.24, 2.45) is 0 Å². The van der Waals surface area contributed by atoms with E-state index in [1.807, 2.05) is 0 Å². The van der Waals surface area contributed by atoms with Crippen molar-refractivity contribution in [3.8, 4) is 0 Å². The number of nitrogens with zero attached hydrogens (tertiary/aromatic N) is 3. The van der Waals surface area contributed by atoms with E-state index in [0.717, 1.165) is 0 Å². The first-order chi connectivity index (χ1) is 6.20. The van der Waals surface area contributed by atoms with Crippen LogP contribution in [0.2, 0.25) is 14.6 Å². The molecule has 0 atom stereocenters. The van der Waals surface area contributed by atoms with E-state index in [4.69, 9.17) is 0 Å². The molecule has 0 heterocycles. The average molecular weight is 423 g/mol. The normalized spacial score (nSPS) is 11.6. The maximum atomic E-state index is 2.36. The molecule has 0 aromatic rings. The third-order valence-electron chi connectivity index (χ3n) is 1.20. The van der Waals surface area contributed by atoms with Crippen LogP contribution in [0.5, 0.6) is 0 Å². The predicted molar refractivity (Wildman–Crippen MR) is 73.0 cm³/mol. The monoisotopic (exact) mass is 421 g/mol. The van der Waals surface area contributed by atoms with Crippen LogP contribution < -0.4 is 0 Å². The minimum atomic E-state index is -1.51. The Morgan fingerprint density at radius 3 is 0.714 bits per heavy atom. The Balaban J connectivity index is 0. The molecule has 0 saturated heterocycles. The van der Waals surface area contributed by atoms with Crippen molar-refractivity contribution in [3.05, 3.63) is 0 Å². The summed E-state index contributed by atoms with van der Waals surface area (Å²) in [6.45, 7) is 0. The zero-order valence-electron chi connectivity index (χ0n) is 11.3. The first-order valence-corrected chi connectivity index (χ1v) is 17.2. The van der Waals surface area contributed by atoms with Crippen molar-refractivity contribution >= 4 is 41.3 Å². The van der Waals surface area contributed by atoms with Gasteiger partial charge in [-0.25, -0.2) is 0 Å². The molecule has 0 bridgehead atoms. The molecule has 5 heteroatoms. The van der Waals surface area contributed by atoms with Crippen LogP contribution in [0.3, 0.4) is 0 Å². The molecule has 0 spiro atoms. The van der Waals surface area contributed by atoms with Gasteiger partial charge in [-0.1, -0.05) is 0 Å². The van der Waals surface area contributed by atoms with E-state index in [9.17, 15) is 0 Å². The van der Waals surface area contributed by atoms with Crippen LogP contribution in [-0.4, -0.2) is 92.7 Å². The third-order valence-corrected chi connectivity index (χ3v) is 8.05. The SMILES string of the molecule is C[N](C)[SbH]([N](C)C)[N](C)C.[CH3][SbH]([CH3])[CH3].